The van der Waals surface area contributed by atoms with Crippen molar-refractivity contribution < 1.29 is 0 Å². The van der Waals surface area contributed by atoms with Crippen LogP contribution < -0.4 is 0 Å². The van der Waals surface area contributed by atoms with Gasteiger partial charge in [0.15, 0.2) is 0 Å². The molecule has 0 N–H and O–H groups in total. The van der Waals surface area contributed by atoms with E-state index in [1.807, 2.05) is 26.0 Å². The highest BCUT2D eigenvalue weighted by Crippen LogP contribution is 2.43. The lowest BCUT2D eigenvalue weighted by molar-refractivity contribution is 0.921. The second-order valence-electron chi connectivity index (χ2n) is 10.0. The summed E-state index contributed by atoms with van der Waals surface area (Å²) in [5, 5.41) is 5.01. The third-order valence-corrected chi connectivity index (χ3v) is 7.57. The summed E-state index contributed by atoms with van der Waals surface area (Å²) in [6, 6.07) is 42.9. The van der Waals surface area contributed by atoms with Crippen LogP contribution in [0.25, 0.3) is 43.8 Å². The van der Waals surface area contributed by atoms with Crippen molar-refractivity contribution in [3.63, 3.8) is 0 Å². The van der Waals surface area contributed by atoms with Gasteiger partial charge in [-0.05, 0) is 52.1 Å². The summed E-state index contributed by atoms with van der Waals surface area (Å²) in [6.45, 7) is 17.2. The van der Waals surface area contributed by atoms with Gasteiger partial charge in [0.2, 0.25) is 0 Å². The summed E-state index contributed by atoms with van der Waals surface area (Å²) < 4.78 is 2.41. The molecule has 1 aromatic heterocycles. The van der Waals surface area contributed by atoms with Crippen LogP contribution in [0.2, 0.25) is 0 Å². The van der Waals surface area contributed by atoms with E-state index < -0.39 is 0 Å². The van der Waals surface area contributed by atoms with Crippen LogP contribution in [-0.2, 0) is 0 Å². The van der Waals surface area contributed by atoms with Crippen molar-refractivity contribution in [2.45, 2.75) is 26.2 Å². The van der Waals surface area contributed by atoms with E-state index in [2.05, 4.69) is 146 Å². The number of para-hydroxylation sites is 1. The van der Waals surface area contributed by atoms with Crippen LogP contribution in [0, 0.1) is 0 Å². The topological polar surface area (TPSA) is 4.93 Å². The summed E-state index contributed by atoms with van der Waals surface area (Å²) >= 11 is 0. The molecule has 0 aliphatic carbocycles. The molecule has 0 amide bonds. The zero-order chi connectivity index (χ0) is 28.8. The van der Waals surface area contributed by atoms with Gasteiger partial charge in [0.25, 0.3) is 0 Å². The quantitative estimate of drug-likeness (QED) is 0.136. The van der Waals surface area contributed by atoms with Crippen molar-refractivity contribution >= 4 is 43.8 Å². The number of hydrogen-bond acceptors (Lipinski definition) is 0. The second-order valence-corrected chi connectivity index (χ2v) is 10.0. The van der Waals surface area contributed by atoms with Gasteiger partial charge in [-0.15, -0.1) is 0 Å². The van der Waals surface area contributed by atoms with Gasteiger partial charge in [-0.3, -0.25) is 0 Å². The Labute approximate surface area is 244 Å². The molecule has 0 aliphatic heterocycles. The van der Waals surface area contributed by atoms with E-state index >= 15 is 0 Å². The minimum absolute atomic E-state index is 0.0601. The molecule has 0 aliphatic rings. The fourth-order valence-electron chi connectivity index (χ4n) is 5.85. The maximum Gasteiger partial charge on any atom is 0.0544 e. The van der Waals surface area contributed by atoms with Crippen LogP contribution in [0.5, 0.6) is 0 Å². The minimum atomic E-state index is -0.0601. The van der Waals surface area contributed by atoms with Crippen molar-refractivity contribution in [2.75, 3.05) is 0 Å². The minimum Gasteiger partial charge on any atom is -0.312 e. The average Bonchev–Trinajstić information content (AvgIpc) is 3.37. The van der Waals surface area contributed by atoms with E-state index in [-0.39, 0.29) is 5.92 Å². The predicted octanol–water partition coefficient (Wildman–Crippen LogP) is 11.4. The summed E-state index contributed by atoms with van der Waals surface area (Å²) in [5.74, 6) is -0.0601. The molecule has 1 atom stereocenters. The normalized spacial score (nSPS) is 12.1. The van der Waals surface area contributed by atoms with E-state index in [0.717, 1.165) is 22.4 Å². The first kappa shape index (κ1) is 27.7. The Morgan fingerprint density at radius 3 is 2.00 bits per heavy atom. The molecule has 6 aromatic rings. The molecule has 202 valence electrons. The molecular formula is C40H37N. The Hall–Kier alpha value is -4.88. The van der Waals surface area contributed by atoms with Crippen LogP contribution in [-0.4, -0.2) is 4.57 Å². The lowest BCUT2D eigenvalue weighted by atomic mass is 9.84. The molecule has 1 heteroatoms. The van der Waals surface area contributed by atoms with Crippen molar-refractivity contribution in [3.05, 3.63) is 170 Å². The van der Waals surface area contributed by atoms with Crippen LogP contribution in [0.3, 0.4) is 0 Å². The van der Waals surface area contributed by atoms with Gasteiger partial charge >= 0.3 is 0 Å². The molecule has 0 saturated heterocycles. The Morgan fingerprint density at radius 2 is 1.29 bits per heavy atom. The van der Waals surface area contributed by atoms with Crippen LogP contribution >= 0.6 is 0 Å². The maximum atomic E-state index is 4.67. The molecule has 0 saturated carbocycles. The fourth-order valence-corrected chi connectivity index (χ4v) is 5.85. The zero-order valence-corrected chi connectivity index (χ0v) is 24.1. The van der Waals surface area contributed by atoms with Gasteiger partial charge < -0.3 is 4.57 Å². The Bertz CT molecular complexity index is 1870. The lowest BCUT2D eigenvalue weighted by Crippen LogP contribution is -2.11. The van der Waals surface area contributed by atoms with E-state index in [0.29, 0.717) is 6.42 Å². The van der Waals surface area contributed by atoms with Gasteiger partial charge in [0.1, 0.15) is 0 Å². The highest BCUT2D eigenvalue weighted by Gasteiger charge is 2.25. The largest absolute Gasteiger partial charge is 0.312 e. The third-order valence-electron chi connectivity index (χ3n) is 7.57. The SMILES string of the molecule is C=C/C=C(\C(C(=C)CC(=C)c1ccccc1)c1ccccc1)n1c2ccccc2c2c3ccccc3ccc21.CC. The molecule has 41 heavy (non-hydrogen) atoms. The van der Waals surface area contributed by atoms with E-state index in [4.69, 9.17) is 0 Å². The first-order chi connectivity index (χ1) is 20.2. The van der Waals surface area contributed by atoms with E-state index in [9.17, 15) is 0 Å². The Kier molecular flexibility index (Phi) is 8.46. The number of rotatable bonds is 8. The molecule has 1 nitrogen and oxygen atoms in total. The van der Waals surface area contributed by atoms with Gasteiger partial charge in [-0.1, -0.05) is 154 Å². The number of allylic oxidation sites excluding steroid dienone is 5. The molecule has 1 unspecified atom stereocenters. The first-order valence-electron chi connectivity index (χ1n) is 14.4. The fraction of sp³-hybridized carbons (Fsp3) is 0.100. The molecule has 6 rings (SSSR count). The van der Waals surface area contributed by atoms with Crippen LogP contribution in [0.4, 0.5) is 0 Å². The monoisotopic (exact) mass is 531 g/mol. The van der Waals surface area contributed by atoms with Gasteiger partial charge in [0, 0.05) is 22.4 Å². The number of benzene rings is 5. The molecule has 5 aromatic carbocycles. The van der Waals surface area contributed by atoms with Crippen molar-refractivity contribution in [1.82, 2.24) is 4.57 Å². The van der Waals surface area contributed by atoms with Crippen LogP contribution in [0.1, 0.15) is 37.3 Å². The number of fused-ring (bicyclic) bond motifs is 5. The zero-order valence-electron chi connectivity index (χ0n) is 24.1. The van der Waals surface area contributed by atoms with Gasteiger partial charge in [-0.25, -0.2) is 0 Å². The first-order valence-corrected chi connectivity index (χ1v) is 14.4. The highest BCUT2D eigenvalue weighted by molar-refractivity contribution is 6.21. The highest BCUT2D eigenvalue weighted by atomic mass is 15.0. The van der Waals surface area contributed by atoms with E-state index in [1.165, 1.54) is 38.1 Å². The van der Waals surface area contributed by atoms with Gasteiger partial charge in [-0.2, -0.15) is 0 Å². The molecule has 0 bridgehead atoms. The predicted molar refractivity (Wildman–Crippen MR) is 181 cm³/mol. The standard InChI is InChI=1S/C38H31N.C2H6/c1-4-15-35(37(31-19-9-6-10-20-31)28(3)26-27(2)29-16-7-5-8-17-29)39-34-23-14-13-22-33(34)38-32-21-12-11-18-30(32)24-25-36(38)39;1-2/h4-25,37H,1-3,26H2;1-2H3/b35-15+;. The number of nitrogens with zero attached hydrogens (tertiary/aromatic N) is 1. The summed E-state index contributed by atoms with van der Waals surface area (Å²) in [7, 11) is 0. The average molecular weight is 532 g/mol. The van der Waals surface area contributed by atoms with Crippen molar-refractivity contribution in [3.8, 4) is 0 Å². The molecule has 0 fully saturated rings. The molecular weight excluding hydrogens is 494 g/mol. The van der Waals surface area contributed by atoms with Crippen molar-refractivity contribution in [2.24, 2.45) is 0 Å². The smallest absolute Gasteiger partial charge is 0.0544 e. The van der Waals surface area contributed by atoms with E-state index in [1.54, 1.807) is 0 Å². The molecule has 0 spiro atoms. The molecule has 0 radical (unpaired) electrons. The Morgan fingerprint density at radius 1 is 0.683 bits per heavy atom. The van der Waals surface area contributed by atoms with Gasteiger partial charge in [0.05, 0.1) is 11.0 Å². The number of hydrogen-bond donors (Lipinski definition) is 0. The Balaban J connectivity index is 0.00000165. The summed E-state index contributed by atoms with van der Waals surface area (Å²) in [4.78, 5) is 0. The maximum absolute atomic E-state index is 4.67. The second kappa shape index (κ2) is 12.5. The number of aromatic nitrogens is 1. The van der Waals surface area contributed by atoms with Crippen LogP contribution in [0.15, 0.2) is 159 Å². The summed E-state index contributed by atoms with van der Waals surface area (Å²) in [5.41, 5.74) is 7.98. The summed E-state index contributed by atoms with van der Waals surface area (Å²) in [6.07, 6.45) is 4.74. The third kappa shape index (κ3) is 5.32. The van der Waals surface area contributed by atoms with Crippen molar-refractivity contribution in [1.29, 1.82) is 0 Å². The lowest BCUT2D eigenvalue weighted by Gasteiger charge is -2.26. The molecule has 1 heterocycles.